The van der Waals surface area contributed by atoms with Crippen LogP contribution in [0, 0.1) is 22.7 Å². The number of hydrogen-bond donors (Lipinski definition) is 4. The molecule has 4 aromatic rings. The molecular weight excluding hydrogens is 642 g/mol. The smallest absolute Gasteiger partial charge is 0.103 e. The first-order valence-electron chi connectivity index (χ1n) is 16.5. The number of benzene rings is 2. The van der Waals surface area contributed by atoms with Gasteiger partial charge in [0.25, 0.3) is 0 Å². The molecule has 1 saturated carbocycles. The molecule has 1 saturated heterocycles. The molecule has 2 atom stereocenters. The number of nitrogens with one attached hydrogen (secondary N) is 4. The van der Waals surface area contributed by atoms with Crippen molar-refractivity contribution >= 4 is 45.2 Å². The molecule has 3 aliphatic heterocycles. The van der Waals surface area contributed by atoms with E-state index in [0.29, 0.717) is 46.7 Å². The Morgan fingerprint density at radius 2 is 1.98 bits per heavy atom. The maximum atomic E-state index is 10.2. The molecule has 0 spiro atoms. The third-order valence-corrected chi connectivity index (χ3v) is 11.1. The van der Waals surface area contributed by atoms with E-state index < -0.39 is 0 Å². The van der Waals surface area contributed by atoms with Crippen LogP contribution in [0.4, 0.5) is 11.4 Å². The van der Waals surface area contributed by atoms with Crippen molar-refractivity contribution in [1.29, 1.82) is 10.5 Å². The normalized spacial score (nSPS) is 19.0. The van der Waals surface area contributed by atoms with E-state index in [0.717, 1.165) is 55.1 Å². The van der Waals surface area contributed by atoms with E-state index in [4.69, 9.17) is 16.3 Å². The number of hydrogen-bond acceptors (Lipinski definition) is 11. The number of nitriles is 2. The molecule has 2 fully saturated rings. The largest absolute Gasteiger partial charge is 0.378 e. The van der Waals surface area contributed by atoms with Crippen LogP contribution < -0.4 is 21.6 Å². The first-order chi connectivity index (χ1) is 23.6. The van der Waals surface area contributed by atoms with E-state index in [-0.39, 0.29) is 12.1 Å². The number of hydrazine groups is 2. The highest BCUT2D eigenvalue weighted by Gasteiger charge is 2.35. The molecule has 2 aromatic carbocycles. The lowest BCUT2D eigenvalue weighted by molar-refractivity contribution is -0.0691. The van der Waals surface area contributed by atoms with Gasteiger partial charge >= 0.3 is 0 Å². The second-order valence-electron chi connectivity index (χ2n) is 12.9. The molecule has 244 valence electrons. The van der Waals surface area contributed by atoms with Gasteiger partial charge in [0.1, 0.15) is 6.07 Å². The van der Waals surface area contributed by atoms with Crippen LogP contribution in [0.5, 0.6) is 0 Å². The number of rotatable bonds is 11. The van der Waals surface area contributed by atoms with Gasteiger partial charge in [0.15, 0.2) is 0 Å². The van der Waals surface area contributed by atoms with Crippen LogP contribution in [0.3, 0.4) is 0 Å². The highest BCUT2D eigenvalue weighted by molar-refractivity contribution is 7.10. The van der Waals surface area contributed by atoms with Gasteiger partial charge in [-0.05, 0) is 59.9 Å². The summed E-state index contributed by atoms with van der Waals surface area (Å²) in [6.45, 7) is 3.62. The van der Waals surface area contributed by atoms with E-state index in [9.17, 15) is 10.5 Å². The third-order valence-electron chi connectivity index (χ3n) is 9.74. The standard InChI is InChI=1S/C36H36ClN9OS/c37-30-14-24(13-28-34(23(15-39)16-40-35(28)30)42-31(7-4-11-38)22-5-2-1-3-6-22)41-36(32-17-46(44-43-32)25-8-9-25)29-21-48-33-18-45(12-10-27(29)33)26-19-47-20-26/h1-3,5-6,13-14,16-17,21,25-26,31,36,41,43-44H,4,7-10,12,18-20H2,(H,40,42)/t31?,36-/m1/s1. The van der Waals surface area contributed by atoms with Crippen molar-refractivity contribution < 1.29 is 4.74 Å². The number of aromatic nitrogens is 1. The average molecular weight is 678 g/mol. The number of thiophene rings is 1. The second kappa shape index (κ2) is 13.3. The zero-order valence-corrected chi connectivity index (χ0v) is 27.9. The van der Waals surface area contributed by atoms with E-state index >= 15 is 0 Å². The Hall–Kier alpha value is -4.36. The van der Waals surface area contributed by atoms with Gasteiger partial charge in [0, 0.05) is 53.9 Å². The van der Waals surface area contributed by atoms with E-state index in [2.05, 4.69) is 60.2 Å². The summed E-state index contributed by atoms with van der Waals surface area (Å²) in [5.41, 5.74) is 14.1. The first-order valence-corrected chi connectivity index (χ1v) is 17.8. The fourth-order valence-corrected chi connectivity index (χ4v) is 8.28. The summed E-state index contributed by atoms with van der Waals surface area (Å²) in [6, 6.07) is 19.3. The Balaban J connectivity index is 1.17. The van der Waals surface area contributed by atoms with Crippen LogP contribution >= 0.6 is 22.9 Å². The Labute approximate surface area is 288 Å². The van der Waals surface area contributed by atoms with Crippen molar-refractivity contribution in [2.45, 2.75) is 62.8 Å². The summed E-state index contributed by atoms with van der Waals surface area (Å²) in [5.74, 6) is 0. The van der Waals surface area contributed by atoms with E-state index in [1.165, 1.54) is 28.8 Å². The Morgan fingerprint density at radius 1 is 1.12 bits per heavy atom. The number of fused-ring (bicyclic) bond motifs is 2. The number of halogens is 1. The summed E-state index contributed by atoms with van der Waals surface area (Å²) in [5, 5.41) is 32.8. The molecule has 1 aliphatic carbocycles. The molecule has 0 radical (unpaired) electrons. The summed E-state index contributed by atoms with van der Waals surface area (Å²) in [6.07, 6.45) is 8.05. The quantitative estimate of drug-likeness (QED) is 0.140. The molecule has 48 heavy (non-hydrogen) atoms. The number of anilines is 2. The molecular formula is C36H36ClN9OS. The number of ether oxygens (including phenoxy) is 1. The Morgan fingerprint density at radius 3 is 2.73 bits per heavy atom. The Kier molecular flexibility index (Phi) is 8.55. The lowest BCUT2D eigenvalue weighted by atomic mass is 9.95. The number of pyridine rings is 1. The monoisotopic (exact) mass is 677 g/mol. The van der Waals surface area contributed by atoms with Gasteiger partial charge in [-0.1, -0.05) is 41.9 Å². The predicted molar refractivity (Wildman–Crippen MR) is 188 cm³/mol. The number of nitrogens with zero attached hydrogens (tertiary/aromatic N) is 5. The average Bonchev–Trinajstić information content (AvgIpc) is 3.67. The van der Waals surface area contributed by atoms with Gasteiger partial charge in [0.2, 0.25) is 0 Å². The molecule has 10 nitrogen and oxygen atoms in total. The van der Waals surface area contributed by atoms with Crippen molar-refractivity contribution in [2.75, 3.05) is 30.4 Å². The second-order valence-corrected chi connectivity index (χ2v) is 14.2. The molecule has 4 N–H and O–H groups in total. The minimum absolute atomic E-state index is 0.162. The first kappa shape index (κ1) is 30.9. The zero-order valence-electron chi connectivity index (χ0n) is 26.4. The molecule has 5 heterocycles. The molecule has 8 rings (SSSR count). The summed E-state index contributed by atoms with van der Waals surface area (Å²) in [7, 11) is 0. The lowest BCUT2D eigenvalue weighted by Crippen LogP contribution is -2.50. The van der Waals surface area contributed by atoms with Gasteiger partial charge in [-0.15, -0.1) is 16.9 Å². The van der Waals surface area contributed by atoms with Crippen LogP contribution in [0.15, 0.2) is 65.9 Å². The Bertz CT molecular complexity index is 1940. The molecule has 1 unspecified atom stereocenters. The minimum atomic E-state index is -0.178. The molecule has 0 amide bonds. The lowest BCUT2D eigenvalue weighted by Gasteiger charge is -2.39. The van der Waals surface area contributed by atoms with Crippen molar-refractivity contribution in [1.82, 2.24) is 25.9 Å². The zero-order chi connectivity index (χ0) is 32.6. The fraction of sp³-hybridized carbons (Fsp3) is 0.361. The van der Waals surface area contributed by atoms with Gasteiger partial charge in [-0.25, -0.2) is 0 Å². The van der Waals surface area contributed by atoms with Crippen LogP contribution in [0.2, 0.25) is 5.02 Å². The van der Waals surface area contributed by atoms with Crippen LogP contribution in [0.1, 0.15) is 64.9 Å². The van der Waals surface area contributed by atoms with Gasteiger partial charge in [-0.3, -0.25) is 14.9 Å². The summed E-state index contributed by atoms with van der Waals surface area (Å²) >= 11 is 8.80. The molecule has 0 bridgehead atoms. The fourth-order valence-electron chi connectivity index (χ4n) is 6.86. The van der Waals surface area contributed by atoms with E-state index in [1.54, 1.807) is 6.20 Å². The molecule has 4 aliphatic rings. The van der Waals surface area contributed by atoms with Gasteiger partial charge in [0.05, 0.1) is 64.9 Å². The topological polar surface area (TPSA) is 124 Å². The van der Waals surface area contributed by atoms with Crippen LogP contribution in [-0.4, -0.2) is 46.7 Å². The van der Waals surface area contributed by atoms with Crippen LogP contribution in [-0.2, 0) is 17.7 Å². The molecule has 2 aromatic heterocycles. The van der Waals surface area contributed by atoms with Gasteiger partial charge < -0.3 is 20.8 Å². The van der Waals surface area contributed by atoms with Crippen molar-refractivity contribution in [3.8, 4) is 12.1 Å². The maximum absolute atomic E-state index is 10.2. The van der Waals surface area contributed by atoms with Crippen molar-refractivity contribution in [3.63, 3.8) is 0 Å². The third kappa shape index (κ3) is 6.05. The van der Waals surface area contributed by atoms with Gasteiger partial charge in [-0.2, -0.15) is 10.5 Å². The van der Waals surface area contributed by atoms with E-state index in [1.807, 2.05) is 53.8 Å². The summed E-state index contributed by atoms with van der Waals surface area (Å²) < 4.78 is 5.49. The highest BCUT2D eigenvalue weighted by atomic mass is 35.5. The minimum Gasteiger partial charge on any atom is -0.378 e. The SMILES string of the molecule is N#CCCC(Nc1c(C#N)cnc2c(Cl)cc(N[C@@H](C3=CN(C4CC4)NN3)c3csc4c3CCN(C3COC3)C4)cc12)c1ccccc1. The maximum Gasteiger partial charge on any atom is 0.103 e. The predicted octanol–water partition coefficient (Wildman–Crippen LogP) is 6.52. The van der Waals surface area contributed by atoms with Crippen LogP contribution in [0.25, 0.3) is 10.9 Å². The van der Waals surface area contributed by atoms with Crippen molar-refractivity contribution in [3.05, 3.63) is 98.1 Å². The highest BCUT2D eigenvalue weighted by Crippen LogP contribution is 2.41. The summed E-state index contributed by atoms with van der Waals surface area (Å²) in [4.78, 5) is 8.57. The van der Waals surface area contributed by atoms with Crippen molar-refractivity contribution in [2.24, 2.45) is 0 Å². The molecule has 12 heteroatoms.